The van der Waals surface area contributed by atoms with E-state index >= 15 is 0 Å². The zero-order chi connectivity index (χ0) is 13.5. The van der Waals surface area contributed by atoms with Gasteiger partial charge >= 0.3 is 5.97 Å². The van der Waals surface area contributed by atoms with Crippen LogP contribution in [0.15, 0.2) is 24.3 Å². The lowest BCUT2D eigenvalue weighted by Crippen LogP contribution is -2.32. The molecule has 0 heterocycles. The number of terminal acetylenes is 1. The van der Waals surface area contributed by atoms with Crippen LogP contribution >= 0.6 is 0 Å². The largest absolute Gasteiger partial charge is 0.480 e. The molecule has 1 aromatic rings. The molecule has 0 aliphatic carbocycles. The number of benzene rings is 1. The highest BCUT2D eigenvalue weighted by Gasteiger charge is 2.17. The summed E-state index contributed by atoms with van der Waals surface area (Å²) >= 11 is 0. The molecule has 1 N–H and O–H groups in total. The Kier molecular flexibility index (Phi) is 4.92. The van der Waals surface area contributed by atoms with Gasteiger partial charge in [-0.1, -0.05) is 18.1 Å². The molecule has 1 rings (SSSR count). The van der Waals surface area contributed by atoms with E-state index in [1.165, 1.54) is 0 Å². The highest BCUT2D eigenvalue weighted by molar-refractivity contribution is 5.69. The number of nitriles is 1. The van der Waals surface area contributed by atoms with Gasteiger partial charge in [-0.05, 0) is 24.6 Å². The minimum Gasteiger partial charge on any atom is -0.480 e. The summed E-state index contributed by atoms with van der Waals surface area (Å²) in [5.74, 6) is 1.55. The van der Waals surface area contributed by atoms with E-state index < -0.39 is 5.97 Å². The Morgan fingerprint density at radius 2 is 2.11 bits per heavy atom. The molecule has 0 spiro atoms. The highest BCUT2D eigenvalue weighted by atomic mass is 16.4. The van der Waals surface area contributed by atoms with E-state index in [1.807, 2.05) is 25.1 Å². The zero-order valence-electron chi connectivity index (χ0n) is 10.1. The van der Waals surface area contributed by atoms with E-state index in [0.29, 0.717) is 5.56 Å². The normalized spacial score (nSPS) is 11.6. The van der Waals surface area contributed by atoms with Crippen molar-refractivity contribution in [1.82, 2.24) is 4.90 Å². The van der Waals surface area contributed by atoms with Gasteiger partial charge < -0.3 is 5.11 Å². The fraction of sp³-hybridized carbons (Fsp3) is 0.286. The first-order valence-electron chi connectivity index (χ1n) is 5.48. The van der Waals surface area contributed by atoms with Gasteiger partial charge in [-0.25, -0.2) is 0 Å². The van der Waals surface area contributed by atoms with Crippen molar-refractivity contribution < 1.29 is 9.90 Å². The van der Waals surface area contributed by atoms with Crippen LogP contribution in [0.5, 0.6) is 0 Å². The Balaban J connectivity index is 2.87. The van der Waals surface area contributed by atoms with E-state index in [1.54, 1.807) is 17.0 Å². The molecule has 92 valence electrons. The zero-order valence-corrected chi connectivity index (χ0v) is 10.1. The van der Waals surface area contributed by atoms with Crippen LogP contribution in [0.2, 0.25) is 0 Å². The van der Waals surface area contributed by atoms with E-state index in [0.717, 1.165) is 5.56 Å². The minimum atomic E-state index is -0.911. The monoisotopic (exact) mass is 242 g/mol. The molecule has 4 heteroatoms. The van der Waals surface area contributed by atoms with Crippen molar-refractivity contribution in [3.05, 3.63) is 35.4 Å². The molecule has 0 saturated heterocycles. The van der Waals surface area contributed by atoms with Crippen LogP contribution in [0.1, 0.15) is 24.1 Å². The van der Waals surface area contributed by atoms with Crippen molar-refractivity contribution in [1.29, 1.82) is 5.26 Å². The van der Waals surface area contributed by atoms with Gasteiger partial charge in [0.15, 0.2) is 0 Å². The molecule has 0 aromatic heterocycles. The number of carboxylic acid groups (broad SMARTS) is 1. The molecule has 1 unspecified atom stereocenters. The van der Waals surface area contributed by atoms with Crippen LogP contribution in [-0.4, -0.2) is 29.1 Å². The van der Waals surface area contributed by atoms with Gasteiger partial charge in [0.2, 0.25) is 0 Å². The second-order valence-corrected chi connectivity index (χ2v) is 3.91. The first kappa shape index (κ1) is 13.8. The number of hydrogen-bond acceptors (Lipinski definition) is 3. The molecule has 0 bridgehead atoms. The number of hydrogen-bond donors (Lipinski definition) is 1. The molecule has 0 radical (unpaired) electrons. The van der Waals surface area contributed by atoms with E-state index in [2.05, 4.69) is 5.92 Å². The maximum Gasteiger partial charge on any atom is 0.317 e. The highest BCUT2D eigenvalue weighted by Crippen LogP contribution is 2.19. The Morgan fingerprint density at radius 1 is 1.50 bits per heavy atom. The lowest BCUT2D eigenvalue weighted by molar-refractivity contribution is -0.138. The summed E-state index contributed by atoms with van der Waals surface area (Å²) in [6.45, 7) is 2.06. The molecule has 0 amide bonds. The predicted octanol–water partition coefficient (Wildman–Crippen LogP) is 1.64. The average molecular weight is 242 g/mol. The molecular formula is C14H14N2O2. The van der Waals surface area contributed by atoms with Crippen LogP contribution in [0.4, 0.5) is 0 Å². The van der Waals surface area contributed by atoms with Gasteiger partial charge in [0.1, 0.15) is 0 Å². The first-order valence-corrected chi connectivity index (χ1v) is 5.48. The fourth-order valence-electron chi connectivity index (χ4n) is 1.67. The number of carbonyl (C=O) groups is 1. The summed E-state index contributed by atoms with van der Waals surface area (Å²) in [5, 5.41) is 17.5. The topological polar surface area (TPSA) is 64.3 Å². The summed E-state index contributed by atoms with van der Waals surface area (Å²) in [5.41, 5.74) is 1.51. The van der Waals surface area contributed by atoms with Gasteiger partial charge in [-0.3, -0.25) is 9.69 Å². The maximum atomic E-state index is 10.8. The van der Waals surface area contributed by atoms with Crippen LogP contribution in [-0.2, 0) is 4.79 Å². The van der Waals surface area contributed by atoms with Crippen molar-refractivity contribution >= 4 is 5.97 Å². The lowest BCUT2D eigenvalue weighted by atomic mass is 10.1. The Morgan fingerprint density at radius 3 is 2.56 bits per heavy atom. The van der Waals surface area contributed by atoms with E-state index in [4.69, 9.17) is 16.8 Å². The van der Waals surface area contributed by atoms with Gasteiger partial charge in [-0.2, -0.15) is 5.26 Å². The van der Waals surface area contributed by atoms with Crippen molar-refractivity contribution in [2.24, 2.45) is 0 Å². The lowest BCUT2D eigenvalue weighted by Gasteiger charge is -2.25. The minimum absolute atomic E-state index is 0.106. The summed E-state index contributed by atoms with van der Waals surface area (Å²) in [6.07, 6.45) is 5.24. The van der Waals surface area contributed by atoms with Crippen molar-refractivity contribution in [3.8, 4) is 18.4 Å². The molecule has 18 heavy (non-hydrogen) atoms. The van der Waals surface area contributed by atoms with Gasteiger partial charge in [0.25, 0.3) is 0 Å². The quantitative estimate of drug-likeness (QED) is 0.797. The Labute approximate surface area is 106 Å². The van der Waals surface area contributed by atoms with Crippen molar-refractivity contribution in [2.45, 2.75) is 13.0 Å². The molecule has 4 nitrogen and oxygen atoms in total. The van der Waals surface area contributed by atoms with Crippen LogP contribution < -0.4 is 0 Å². The Bertz CT molecular complexity index is 494. The van der Waals surface area contributed by atoms with Gasteiger partial charge in [0, 0.05) is 6.04 Å². The SMILES string of the molecule is C#CCN(CC(=O)O)C(C)c1ccc(C#N)cc1. The third-order valence-electron chi connectivity index (χ3n) is 2.70. The van der Waals surface area contributed by atoms with Gasteiger partial charge in [0.05, 0.1) is 24.7 Å². The molecule has 0 aliphatic heterocycles. The van der Waals surface area contributed by atoms with Crippen LogP contribution in [0.25, 0.3) is 0 Å². The Hall–Kier alpha value is -2.30. The predicted molar refractivity (Wildman–Crippen MR) is 67.6 cm³/mol. The second-order valence-electron chi connectivity index (χ2n) is 3.91. The number of rotatable bonds is 5. The third kappa shape index (κ3) is 3.62. The van der Waals surface area contributed by atoms with Crippen LogP contribution in [0, 0.1) is 23.7 Å². The second kappa shape index (κ2) is 6.44. The summed E-state index contributed by atoms with van der Waals surface area (Å²) in [7, 11) is 0. The van der Waals surface area contributed by atoms with Crippen molar-refractivity contribution in [3.63, 3.8) is 0 Å². The van der Waals surface area contributed by atoms with Crippen LogP contribution in [0.3, 0.4) is 0 Å². The standard InChI is InChI=1S/C14H14N2O2/c1-3-8-16(10-14(17)18)11(2)13-6-4-12(9-15)5-7-13/h1,4-7,11H,8,10H2,2H3,(H,17,18). The van der Waals surface area contributed by atoms with E-state index in [-0.39, 0.29) is 19.1 Å². The summed E-state index contributed by atoms with van der Waals surface area (Å²) in [6, 6.07) is 8.98. The number of carboxylic acids is 1. The average Bonchev–Trinajstić information content (AvgIpc) is 2.37. The first-order chi connectivity index (χ1) is 8.58. The molecule has 0 aliphatic rings. The molecule has 0 fully saturated rings. The smallest absolute Gasteiger partial charge is 0.317 e. The molecule has 1 aromatic carbocycles. The number of nitrogens with zero attached hydrogens (tertiary/aromatic N) is 2. The molecule has 0 saturated carbocycles. The van der Waals surface area contributed by atoms with Gasteiger partial charge in [-0.15, -0.1) is 6.42 Å². The summed E-state index contributed by atoms with van der Waals surface area (Å²) < 4.78 is 0. The van der Waals surface area contributed by atoms with Crippen molar-refractivity contribution in [2.75, 3.05) is 13.1 Å². The van der Waals surface area contributed by atoms with E-state index in [9.17, 15) is 4.79 Å². The summed E-state index contributed by atoms with van der Waals surface area (Å²) in [4.78, 5) is 12.5. The maximum absolute atomic E-state index is 10.8. The third-order valence-corrected chi connectivity index (χ3v) is 2.70. The molecular weight excluding hydrogens is 228 g/mol. The molecule has 1 atom stereocenters. The fourth-order valence-corrected chi connectivity index (χ4v) is 1.67. The number of aliphatic carboxylic acids is 1.